The van der Waals surface area contributed by atoms with Crippen molar-refractivity contribution in [2.24, 2.45) is 4.99 Å². The van der Waals surface area contributed by atoms with Gasteiger partial charge in [0.1, 0.15) is 0 Å². The number of aromatic nitrogens is 2. The van der Waals surface area contributed by atoms with Gasteiger partial charge in [0, 0.05) is 30.1 Å². The topological polar surface area (TPSA) is 75.3 Å². The normalized spacial score (nSPS) is 10.3. The molecule has 0 aliphatic carbocycles. The number of hydrogen-bond acceptors (Lipinski definition) is 4. The van der Waals surface area contributed by atoms with E-state index in [4.69, 9.17) is 16.1 Å². The Hall–Kier alpha value is -2.08. The fourth-order valence-corrected chi connectivity index (χ4v) is 1.97. The van der Waals surface area contributed by atoms with E-state index in [1.165, 1.54) is 0 Å². The van der Waals surface area contributed by atoms with Crippen molar-refractivity contribution in [3.05, 3.63) is 35.2 Å². The molecule has 0 aliphatic rings. The molecule has 2 aromatic rings. The van der Waals surface area contributed by atoms with E-state index >= 15 is 0 Å². The highest BCUT2D eigenvalue weighted by Gasteiger charge is 2.08. The van der Waals surface area contributed by atoms with E-state index in [1.54, 1.807) is 12.1 Å². The summed E-state index contributed by atoms with van der Waals surface area (Å²) in [5, 5.41) is 11.0. The molecule has 22 heavy (non-hydrogen) atoms. The fraction of sp³-hybridized carbons (Fsp3) is 0.400. The standard InChI is InChI=1S/C15H20ClN5O/c1-3-17-15(18-4-2)19-10-9-13-20-14(21-22-13)11-5-7-12(16)8-6-11/h5-8H,3-4,9-10H2,1-2H3,(H2,17,18,19). The highest BCUT2D eigenvalue weighted by atomic mass is 35.5. The molecule has 6 nitrogen and oxygen atoms in total. The average Bonchev–Trinajstić information content (AvgIpc) is 2.97. The molecule has 0 fully saturated rings. The van der Waals surface area contributed by atoms with Crippen LogP contribution < -0.4 is 10.6 Å². The highest BCUT2D eigenvalue weighted by Crippen LogP contribution is 2.18. The molecule has 1 heterocycles. The summed E-state index contributed by atoms with van der Waals surface area (Å²) in [5.74, 6) is 1.93. The van der Waals surface area contributed by atoms with Crippen LogP contribution in [0.25, 0.3) is 11.4 Å². The molecule has 0 saturated heterocycles. The van der Waals surface area contributed by atoms with Crippen molar-refractivity contribution in [2.45, 2.75) is 20.3 Å². The molecule has 0 spiro atoms. The number of guanidine groups is 1. The zero-order valence-corrected chi connectivity index (χ0v) is 13.5. The Morgan fingerprint density at radius 3 is 2.50 bits per heavy atom. The largest absolute Gasteiger partial charge is 0.357 e. The van der Waals surface area contributed by atoms with Crippen LogP contribution in [0.5, 0.6) is 0 Å². The second-order valence-corrected chi connectivity index (χ2v) is 5.00. The van der Waals surface area contributed by atoms with Crippen molar-refractivity contribution in [3.63, 3.8) is 0 Å². The average molecular weight is 322 g/mol. The van der Waals surface area contributed by atoms with Crippen LogP contribution in [0.4, 0.5) is 0 Å². The molecule has 2 rings (SSSR count). The number of nitrogens with zero attached hydrogens (tertiary/aromatic N) is 3. The Labute approximate surface area is 135 Å². The molecule has 7 heteroatoms. The monoisotopic (exact) mass is 321 g/mol. The zero-order valence-electron chi connectivity index (χ0n) is 12.8. The SMILES string of the molecule is CCNC(=NCCc1nc(-c2ccc(Cl)cc2)no1)NCC. The van der Waals surface area contributed by atoms with Crippen molar-refractivity contribution in [3.8, 4) is 11.4 Å². The first-order valence-electron chi connectivity index (χ1n) is 7.33. The summed E-state index contributed by atoms with van der Waals surface area (Å²) in [6, 6.07) is 7.33. The summed E-state index contributed by atoms with van der Waals surface area (Å²) in [5.41, 5.74) is 0.879. The van der Waals surface area contributed by atoms with Crippen LogP contribution in [-0.2, 0) is 6.42 Å². The molecule has 0 aliphatic heterocycles. The van der Waals surface area contributed by atoms with E-state index in [1.807, 2.05) is 26.0 Å². The van der Waals surface area contributed by atoms with E-state index in [0.29, 0.717) is 29.7 Å². The van der Waals surface area contributed by atoms with Gasteiger partial charge in [-0.1, -0.05) is 16.8 Å². The van der Waals surface area contributed by atoms with Gasteiger partial charge in [0.05, 0.1) is 6.54 Å². The van der Waals surface area contributed by atoms with Gasteiger partial charge in [-0.15, -0.1) is 0 Å². The minimum absolute atomic E-state index is 0.564. The molecule has 0 amide bonds. The van der Waals surface area contributed by atoms with Crippen LogP contribution >= 0.6 is 11.6 Å². The molecule has 1 aromatic heterocycles. The number of aliphatic imine (C=N–C) groups is 1. The molecule has 0 radical (unpaired) electrons. The number of nitrogens with one attached hydrogen (secondary N) is 2. The highest BCUT2D eigenvalue weighted by molar-refractivity contribution is 6.30. The summed E-state index contributed by atoms with van der Waals surface area (Å²) in [6.07, 6.45) is 0.598. The maximum absolute atomic E-state index is 5.86. The molecular formula is C15H20ClN5O. The van der Waals surface area contributed by atoms with Gasteiger partial charge in [-0.2, -0.15) is 4.98 Å². The Kier molecular flexibility index (Phi) is 6.21. The van der Waals surface area contributed by atoms with E-state index in [2.05, 4.69) is 25.8 Å². The lowest BCUT2D eigenvalue weighted by Gasteiger charge is -2.08. The second kappa shape index (κ2) is 8.38. The van der Waals surface area contributed by atoms with Crippen LogP contribution in [0.2, 0.25) is 5.02 Å². The fourth-order valence-electron chi connectivity index (χ4n) is 1.85. The van der Waals surface area contributed by atoms with E-state index in [0.717, 1.165) is 24.6 Å². The van der Waals surface area contributed by atoms with Gasteiger partial charge in [-0.3, -0.25) is 4.99 Å². The number of halogens is 1. The van der Waals surface area contributed by atoms with Crippen LogP contribution in [-0.4, -0.2) is 35.7 Å². The first-order chi connectivity index (χ1) is 10.7. The molecule has 118 valence electrons. The molecule has 0 saturated carbocycles. The first-order valence-corrected chi connectivity index (χ1v) is 7.71. The number of benzene rings is 1. The zero-order chi connectivity index (χ0) is 15.8. The third kappa shape index (κ3) is 4.73. The summed E-state index contributed by atoms with van der Waals surface area (Å²) in [6.45, 7) is 6.30. The van der Waals surface area contributed by atoms with Crippen molar-refractivity contribution in [2.75, 3.05) is 19.6 Å². The van der Waals surface area contributed by atoms with Crippen LogP contribution in [0.3, 0.4) is 0 Å². The number of rotatable bonds is 6. The Morgan fingerprint density at radius 1 is 1.18 bits per heavy atom. The van der Waals surface area contributed by atoms with E-state index in [9.17, 15) is 0 Å². The third-order valence-electron chi connectivity index (χ3n) is 2.85. The molecule has 1 aromatic carbocycles. The Bertz CT molecular complexity index is 601. The lowest BCUT2D eigenvalue weighted by molar-refractivity contribution is 0.380. The Morgan fingerprint density at radius 2 is 1.86 bits per heavy atom. The van der Waals surface area contributed by atoms with Crippen LogP contribution in [0.15, 0.2) is 33.8 Å². The van der Waals surface area contributed by atoms with Crippen LogP contribution in [0, 0.1) is 0 Å². The smallest absolute Gasteiger partial charge is 0.228 e. The third-order valence-corrected chi connectivity index (χ3v) is 3.11. The minimum atomic E-state index is 0.564. The van der Waals surface area contributed by atoms with Gasteiger partial charge in [0.15, 0.2) is 5.96 Å². The summed E-state index contributed by atoms with van der Waals surface area (Å²) >= 11 is 5.86. The molecule has 0 unspecified atom stereocenters. The van der Waals surface area contributed by atoms with Gasteiger partial charge < -0.3 is 15.2 Å². The van der Waals surface area contributed by atoms with Gasteiger partial charge in [-0.05, 0) is 38.1 Å². The van der Waals surface area contributed by atoms with Gasteiger partial charge in [0.2, 0.25) is 11.7 Å². The van der Waals surface area contributed by atoms with Crippen molar-refractivity contribution >= 4 is 17.6 Å². The molecule has 0 bridgehead atoms. The predicted octanol–water partition coefficient (Wildman–Crippen LogP) is 2.51. The second-order valence-electron chi connectivity index (χ2n) is 4.56. The van der Waals surface area contributed by atoms with E-state index in [-0.39, 0.29) is 0 Å². The van der Waals surface area contributed by atoms with E-state index < -0.39 is 0 Å². The predicted molar refractivity (Wildman–Crippen MR) is 88.1 cm³/mol. The lowest BCUT2D eigenvalue weighted by Crippen LogP contribution is -2.37. The molecule has 0 atom stereocenters. The van der Waals surface area contributed by atoms with Crippen LogP contribution in [0.1, 0.15) is 19.7 Å². The van der Waals surface area contributed by atoms with Gasteiger partial charge >= 0.3 is 0 Å². The maximum atomic E-state index is 5.86. The molecule has 2 N–H and O–H groups in total. The van der Waals surface area contributed by atoms with Gasteiger partial charge in [0.25, 0.3) is 0 Å². The lowest BCUT2D eigenvalue weighted by atomic mass is 10.2. The Balaban J connectivity index is 1.94. The summed E-state index contributed by atoms with van der Waals surface area (Å²) < 4.78 is 5.25. The number of hydrogen-bond donors (Lipinski definition) is 2. The van der Waals surface area contributed by atoms with Gasteiger partial charge in [-0.25, -0.2) is 0 Å². The quantitative estimate of drug-likeness (QED) is 0.631. The minimum Gasteiger partial charge on any atom is -0.357 e. The van der Waals surface area contributed by atoms with Crippen molar-refractivity contribution in [1.29, 1.82) is 0 Å². The summed E-state index contributed by atoms with van der Waals surface area (Å²) in [4.78, 5) is 8.81. The maximum Gasteiger partial charge on any atom is 0.228 e. The van der Waals surface area contributed by atoms with Crippen molar-refractivity contribution < 1.29 is 4.52 Å². The molecular weight excluding hydrogens is 302 g/mol. The first kappa shape index (κ1) is 16.3. The van der Waals surface area contributed by atoms with Crippen molar-refractivity contribution in [1.82, 2.24) is 20.8 Å². The summed E-state index contributed by atoms with van der Waals surface area (Å²) in [7, 11) is 0.